The summed E-state index contributed by atoms with van der Waals surface area (Å²) >= 11 is 0. The molecular formula is C24H29N3O2. The second-order valence-corrected chi connectivity index (χ2v) is 7.42. The number of hydrogen-bond acceptors (Lipinski definition) is 3. The highest BCUT2D eigenvalue weighted by atomic mass is 16.5. The number of rotatable bonds is 7. The molecule has 0 spiro atoms. The van der Waals surface area contributed by atoms with E-state index in [2.05, 4.69) is 14.8 Å². The van der Waals surface area contributed by atoms with E-state index in [4.69, 9.17) is 4.74 Å². The van der Waals surface area contributed by atoms with Gasteiger partial charge in [-0.1, -0.05) is 30.3 Å². The molecule has 0 bridgehead atoms. The predicted molar refractivity (Wildman–Crippen MR) is 117 cm³/mol. The lowest BCUT2D eigenvalue weighted by Gasteiger charge is -2.25. The standard InChI is InChI=1S/C24H29N3O2/c1-17-15-22(18(2)27(17)20-9-7-6-8-10-20)24(28)25-16-23(26(3)4)19-11-13-21(29-5)14-12-19/h6-15,23H,16H2,1-5H3,(H,25,28). The minimum absolute atomic E-state index is 0.0550. The lowest BCUT2D eigenvalue weighted by Crippen LogP contribution is -2.34. The van der Waals surface area contributed by atoms with Crippen LogP contribution in [0.2, 0.25) is 0 Å². The van der Waals surface area contributed by atoms with E-state index in [0.717, 1.165) is 28.4 Å². The number of hydrogen-bond donors (Lipinski definition) is 1. The number of carbonyl (C=O) groups is 1. The van der Waals surface area contributed by atoms with Gasteiger partial charge in [-0.2, -0.15) is 0 Å². The van der Waals surface area contributed by atoms with Crippen LogP contribution in [0.25, 0.3) is 5.69 Å². The zero-order chi connectivity index (χ0) is 21.0. The number of carbonyl (C=O) groups excluding carboxylic acids is 1. The minimum atomic E-state index is -0.0550. The second-order valence-electron chi connectivity index (χ2n) is 7.42. The fraction of sp³-hybridized carbons (Fsp3) is 0.292. The lowest BCUT2D eigenvalue weighted by atomic mass is 10.1. The summed E-state index contributed by atoms with van der Waals surface area (Å²) in [4.78, 5) is 15.1. The Morgan fingerprint density at radius 2 is 1.72 bits per heavy atom. The van der Waals surface area contributed by atoms with Crippen LogP contribution < -0.4 is 10.1 Å². The van der Waals surface area contributed by atoms with Gasteiger partial charge in [-0.05, 0) is 63.8 Å². The van der Waals surface area contributed by atoms with Crippen LogP contribution >= 0.6 is 0 Å². The molecule has 1 N–H and O–H groups in total. The first-order chi connectivity index (χ1) is 13.9. The first-order valence-corrected chi connectivity index (χ1v) is 9.75. The van der Waals surface area contributed by atoms with Crippen molar-refractivity contribution in [3.05, 3.63) is 83.2 Å². The Kier molecular flexibility index (Phi) is 6.39. The molecule has 1 amide bonds. The summed E-state index contributed by atoms with van der Waals surface area (Å²) in [5.41, 5.74) is 4.88. The van der Waals surface area contributed by atoms with Crippen LogP contribution in [0.5, 0.6) is 5.75 Å². The Labute approximate surface area is 172 Å². The topological polar surface area (TPSA) is 46.5 Å². The molecule has 2 aromatic carbocycles. The maximum atomic E-state index is 13.0. The summed E-state index contributed by atoms with van der Waals surface area (Å²) in [7, 11) is 5.69. The van der Waals surface area contributed by atoms with Crippen LogP contribution in [0.4, 0.5) is 0 Å². The van der Waals surface area contributed by atoms with E-state index in [1.54, 1.807) is 7.11 Å². The zero-order valence-electron chi connectivity index (χ0n) is 17.8. The van der Waals surface area contributed by atoms with Gasteiger partial charge in [0.15, 0.2) is 0 Å². The summed E-state index contributed by atoms with van der Waals surface area (Å²) in [6.07, 6.45) is 0. The van der Waals surface area contributed by atoms with Gasteiger partial charge in [-0.25, -0.2) is 0 Å². The monoisotopic (exact) mass is 391 g/mol. The van der Waals surface area contributed by atoms with E-state index in [-0.39, 0.29) is 11.9 Å². The van der Waals surface area contributed by atoms with Gasteiger partial charge in [0.2, 0.25) is 0 Å². The van der Waals surface area contributed by atoms with Gasteiger partial charge < -0.3 is 19.5 Å². The number of nitrogens with zero attached hydrogens (tertiary/aromatic N) is 2. The van der Waals surface area contributed by atoms with Crippen molar-refractivity contribution in [2.45, 2.75) is 19.9 Å². The fourth-order valence-corrected chi connectivity index (χ4v) is 3.68. The van der Waals surface area contributed by atoms with Crippen molar-refractivity contribution < 1.29 is 9.53 Å². The smallest absolute Gasteiger partial charge is 0.253 e. The molecule has 0 aliphatic heterocycles. The molecule has 0 aliphatic carbocycles. The van der Waals surface area contributed by atoms with Crippen LogP contribution in [0.1, 0.15) is 33.4 Å². The summed E-state index contributed by atoms with van der Waals surface area (Å²) in [5.74, 6) is 0.768. The molecule has 0 saturated heterocycles. The van der Waals surface area contributed by atoms with Crippen LogP contribution in [-0.4, -0.2) is 43.1 Å². The molecule has 0 saturated carbocycles. The third-order valence-electron chi connectivity index (χ3n) is 5.27. The first kappa shape index (κ1) is 20.7. The van der Waals surface area contributed by atoms with Gasteiger partial charge in [0.05, 0.1) is 18.7 Å². The molecular weight excluding hydrogens is 362 g/mol. The molecule has 1 heterocycles. The number of likely N-dealkylation sites (N-methyl/N-ethyl adjacent to an activating group) is 1. The van der Waals surface area contributed by atoms with E-state index >= 15 is 0 Å². The Bertz CT molecular complexity index is 960. The quantitative estimate of drug-likeness (QED) is 0.659. The van der Waals surface area contributed by atoms with Crippen molar-refractivity contribution in [2.75, 3.05) is 27.7 Å². The average Bonchev–Trinajstić information content (AvgIpc) is 3.03. The van der Waals surface area contributed by atoms with Crippen molar-refractivity contribution in [2.24, 2.45) is 0 Å². The number of aryl methyl sites for hydroxylation is 1. The maximum absolute atomic E-state index is 13.0. The number of ether oxygens (including phenoxy) is 1. The van der Waals surface area contributed by atoms with Gasteiger partial charge in [0.1, 0.15) is 5.75 Å². The normalized spacial score (nSPS) is 12.1. The van der Waals surface area contributed by atoms with Crippen molar-refractivity contribution >= 4 is 5.91 Å². The Hall–Kier alpha value is -3.05. The largest absolute Gasteiger partial charge is 0.497 e. The SMILES string of the molecule is COc1ccc(C(CNC(=O)c2cc(C)n(-c3ccccc3)c2C)N(C)C)cc1. The van der Waals surface area contributed by atoms with Gasteiger partial charge in [-0.15, -0.1) is 0 Å². The summed E-state index contributed by atoms with van der Waals surface area (Å²) < 4.78 is 7.36. The molecule has 1 aromatic heterocycles. The Balaban J connectivity index is 1.77. The molecule has 0 fully saturated rings. The van der Waals surface area contributed by atoms with Crippen LogP contribution in [0.15, 0.2) is 60.7 Å². The summed E-state index contributed by atoms with van der Waals surface area (Å²) in [6, 6.07) is 20.1. The molecule has 1 unspecified atom stereocenters. The van der Waals surface area contributed by atoms with E-state index in [1.165, 1.54) is 0 Å². The summed E-state index contributed by atoms with van der Waals surface area (Å²) in [5, 5.41) is 3.12. The molecule has 5 heteroatoms. The van der Waals surface area contributed by atoms with E-state index in [0.29, 0.717) is 12.1 Å². The molecule has 1 atom stereocenters. The zero-order valence-corrected chi connectivity index (χ0v) is 17.8. The lowest BCUT2D eigenvalue weighted by molar-refractivity contribution is 0.0941. The van der Waals surface area contributed by atoms with E-state index in [1.807, 2.05) is 88.6 Å². The van der Waals surface area contributed by atoms with E-state index < -0.39 is 0 Å². The number of aromatic nitrogens is 1. The fourth-order valence-electron chi connectivity index (χ4n) is 3.68. The first-order valence-electron chi connectivity index (χ1n) is 9.75. The third-order valence-corrected chi connectivity index (χ3v) is 5.27. The average molecular weight is 392 g/mol. The van der Waals surface area contributed by atoms with E-state index in [9.17, 15) is 4.79 Å². The Morgan fingerprint density at radius 1 is 1.07 bits per heavy atom. The second kappa shape index (κ2) is 8.97. The molecule has 0 aliphatic rings. The highest BCUT2D eigenvalue weighted by Crippen LogP contribution is 2.23. The predicted octanol–water partition coefficient (Wildman–Crippen LogP) is 4.14. The maximum Gasteiger partial charge on any atom is 0.253 e. The molecule has 5 nitrogen and oxygen atoms in total. The van der Waals surface area contributed by atoms with Gasteiger partial charge >= 0.3 is 0 Å². The number of methoxy groups -OCH3 is 1. The number of amides is 1. The minimum Gasteiger partial charge on any atom is -0.497 e. The van der Waals surface area contributed by atoms with Crippen molar-refractivity contribution in [1.29, 1.82) is 0 Å². The number of benzene rings is 2. The van der Waals surface area contributed by atoms with Gasteiger partial charge in [-0.3, -0.25) is 4.79 Å². The van der Waals surface area contributed by atoms with Crippen LogP contribution in [-0.2, 0) is 0 Å². The summed E-state index contributed by atoms with van der Waals surface area (Å²) in [6.45, 7) is 4.53. The third kappa shape index (κ3) is 4.51. The van der Waals surface area contributed by atoms with Crippen molar-refractivity contribution in [3.8, 4) is 11.4 Å². The van der Waals surface area contributed by atoms with Crippen molar-refractivity contribution in [1.82, 2.24) is 14.8 Å². The number of para-hydroxylation sites is 1. The van der Waals surface area contributed by atoms with Gasteiger partial charge in [0.25, 0.3) is 5.91 Å². The molecule has 0 radical (unpaired) electrons. The van der Waals surface area contributed by atoms with Crippen molar-refractivity contribution in [3.63, 3.8) is 0 Å². The molecule has 152 valence electrons. The van der Waals surface area contributed by atoms with Crippen LogP contribution in [0, 0.1) is 13.8 Å². The molecule has 3 aromatic rings. The molecule has 29 heavy (non-hydrogen) atoms. The highest BCUT2D eigenvalue weighted by Gasteiger charge is 2.19. The van der Waals surface area contributed by atoms with Crippen LogP contribution in [0.3, 0.4) is 0 Å². The Morgan fingerprint density at radius 3 is 2.31 bits per heavy atom. The number of nitrogens with one attached hydrogen (secondary N) is 1. The highest BCUT2D eigenvalue weighted by molar-refractivity contribution is 5.96. The van der Waals surface area contributed by atoms with Gasteiger partial charge in [0, 0.05) is 23.6 Å². The molecule has 3 rings (SSSR count).